The molecule has 0 spiro atoms. The molecule has 0 aliphatic rings. The minimum atomic E-state index is -0.355. The average Bonchev–Trinajstić information content (AvgIpc) is 2.38. The summed E-state index contributed by atoms with van der Waals surface area (Å²) in [5.74, 6) is -0.0718. The van der Waals surface area contributed by atoms with Crippen LogP contribution in [0.3, 0.4) is 0 Å². The Morgan fingerprint density at radius 1 is 1.30 bits per heavy atom. The molecule has 2 N–H and O–H groups in total. The van der Waals surface area contributed by atoms with Gasteiger partial charge in [0.25, 0.3) is 5.91 Å². The fourth-order valence-electron chi connectivity index (χ4n) is 2.02. The molecule has 0 saturated heterocycles. The highest BCUT2D eigenvalue weighted by atomic mass is 16.5. The van der Waals surface area contributed by atoms with Gasteiger partial charge in [-0.25, -0.2) is 0 Å². The first-order valence-corrected chi connectivity index (χ1v) is 7.16. The minimum Gasteiger partial charge on any atom is -0.385 e. The molecule has 20 heavy (non-hydrogen) atoms. The molecule has 4 heteroatoms. The third-order valence-electron chi connectivity index (χ3n) is 3.00. The highest BCUT2D eigenvalue weighted by molar-refractivity contribution is 5.99. The summed E-state index contributed by atoms with van der Waals surface area (Å²) in [5.41, 5.74) is 2.26. The number of hydrogen-bond acceptors (Lipinski definition) is 3. The number of aryl methyl sites for hydroxylation is 1. The molecular formula is C16H26N2O2. The summed E-state index contributed by atoms with van der Waals surface area (Å²) < 4.78 is 5.59. The first-order chi connectivity index (χ1) is 9.39. The van der Waals surface area contributed by atoms with Crippen LogP contribution < -0.4 is 10.6 Å². The highest BCUT2D eigenvalue weighted by Crippen LogP contribution is 2.17. The second-order valence-electron chi connectivity index (χ2n) is 5.45. The Morgan fingerprint density at radius 2 is 2.00 bits per heavy atom. The number of carbonyl (C=O) groups is 1. The van der Waals surface area contributed by atoms with Crippen molar-refractivity contribution >= 4 is 11.6 Å². The van der Waals surface area contributed by atoms with E-state index in [2.05, 4.69) is 10.6 Å². The van der Waals surface area contributed by atoms with Crippen molar-refractivity contribution in [2.24, 2.45) is 0 Å². The van der Waals surface area contributed by atoms with Gasteiger partial charge in [0.2, 0.25) is 0 Å². The van der Waals surface area contributed by atoms with Crippen LogP contribution in [-0.2, 0) is 4.74 Å². The molecule has 1 aromatic carbocycles. The summed E-state index contributed by atoms with van der Waals surface area (Å²) in [6.07, 6.45) is 0. The van der Waals surface area contributed by atoms with Gasteiger partial charge in [0.05, 0.1) is 11.2 Å². The lowest BCUT2D eigenvalue weighted by Gasteiger charge is -2.25. The number of hydrogen-bond donors (Lipinski definition) is 2. The van der Waals surface area contributed by atoms with Gasteiger partial charge >= 0.3 is 0 Å². The van der Waals surface area contributed by atoms with E-state index in [0.717, 1.165) is 17.8 Å². The van der Waals surface area contributed by atoms with Crippen molar-refractivity contribution in [1.82, 2.24) is 5.32 Å². The molecule has 1 amide bonds. The Morgan fingerprint density at radius 3 is 2.60 bits per heavy atom. The lowest BCUT2D eigenvalue weighted by atomic mass is 10.1. The summed E-state index contributed by atoms with van der Waals surface area (Å²) >= 11 is 0. The number of benzene rings is 1. The van der Waals surface area contributed by atoms with Crippen LogP contribution in [-0.4, -0.2) is 31.2 Å². The lowest BCUT2D eigenvalue weighted by Crippen LogP contribution is -2.40. The smallest absolute Gasteiger partial charge is 0.253 e. The Hall–Kier alpha value is -1.55. The third kappa shape index (κ3) is 4.85. The van der Waals surface area contributed by atoms with E-state index in [1.54, 1.807) is 0 Å². The van der Waals surface area contributed by atoms with Crippen molar-refractivity contribution < 1.29 is 9.53 Å². The van der Waals surface area contributed by atoms with E-state index < -0.39 is 0 Å². The Kier molecular flexibility index (Phi) is 6.02. The van der Waals surface area contributed by atoms with Crippen LogP contribution in [0.25, 0.3) is 0 Å². The fourth-order valence-corrected chi connectivity index (χ4v) is 2.02. The summed E-state index contributed by atoms with van der Waals surface area (Å²) in [5, 5.41) is 6.16. The zero-order chi connectivity index (χ0) is 15.2. The van der Waals surface area contributed by atoms with Crippen LogP contribution in [0, 0.1) is 6.92 Å². The van der Waals surface area contributed by atoms with E-state index in [0.29, 0.717) is 18.7 Å². The van der Waals surface area contributed by atoms with Crippen molar-refractivity contribution in [2.45, 2.75) is 40.2 Å². The van der Waals surface area contributed by atoms with Crippen LogP contribution in [0.4, 0.5) is 5.69 Å². The van der Waals surface area contributed by atoms with E-state index in [1.807, 2.05) is 52.8 Å². The number of nitrogens with one attached hydrogen (secondary N) is 2. The molecule has 1 rings (SSSR count). The van der Waals surface area contributed by atoms with Crippen LogP contribution in [0.5, 0.6) is 0 Å². The second kappa shape index (κ2) is 7.29. The van der Waals surface area contributed by atoms with E-state index in [9.17, 15) is 4.79 Å². The molecule has 0 heterocycles. The van der Waals surface area contributed by atoms with E-state index in [-0.39, 0.29) is 11.5 Å². The van der Waals surface area contributed by atoms with Gasteiger partial charge in [-0.05, 0) is 46.8 Å². The summed E-state index contributed by atoms with van der Waals surface area (Å²) in [6.45, 7) is 11.8. The SMILES string of the molecule is CCNc1ccc(C)cc1C(=O)NCC(C)(C)OCC. The normalized spacial score (nSPS) is 11.2. The van der Waals surface area contributed by atoms with Crippen molar-refractivity contribution in [3.63, 3.8) is 0 Å². The lowest BCUT2D eigenvalue weighted by molar-refractivity contribution is -0.00815. The first-order valence-electron chi connectivity index (χ1n) is 7.16. The molecule has 4 nitrogen and oxygen atoms in total. The third-order valence-corrected chi connectivity index (χ3v) is 3.00. The summed E-state index contributed by atoms with van der Waals surface area (Å²) in [7, 11) is 0. The zero-order valence-electron chi connectivity index (χ0n) is 13.2. The molecule has 0 saturated carbocycles. The molecule has 0 aromatic heterocycles. The fraction of sp³-hybridized carbons (Fsp3) is 0.562. The Balaban J connectivity index is 2.79. The molecule has 112 valence electrons. The quantitative estimate of drug-likeness (QED) is 0.806. The van der Waals surface area contributed by atoms with E-state index in [1.165, 1.54) is 0 Å². The van der Waals surface area contributed by atoms with Crippen LogP contribution in [0.2, 0.25) is 0 Å². The topological polar surface area (TPSA) is 50.4 Å². The van der Waals surface area contributed by atoms with E-state index in [4.69, 9.17) is 4.74 Å². The zero-order valence-corrected chi connectivity index (χ0v) is 13.2. The van der Waals surface area contributed by atoms with Gasteiger partial charge < -0.3 is 15.4 Å². The maximum Gasteiger partial charge on any atom is 0.253 e. The number of anilines is 1. The van der Waals surface area contributed by atoms with Gasteiger partial charge in [-0.15, -0.1) is 0 Å². The first kappa shape index (κ1) is 16.5. The van der Waals surface area contributed by atoms with Crippen LogP contribution in [0.15, 0.2) is 18.2 Å². The molecule has 0 bridgehead atoms. The average molecular weight is 278 g/mol. The van der Waals surface area contributed by atoms with Crippen molar-refractivity contribution in [1.29, 1.82) is 0 Å². The molecule has 0 atom stereocenters. The van der Waals surface area contributed by atoms with E-state index >= 15 is 0 Å². The van der Waals surface area contributed by atoms with Gasteiger partial charge in [0.15, 0.2) is 0 Å². The van der Waals surface area contributed by atoms with Gasteiger partial charge in [-0.1, -0.05) is 11.6 Å². The van der Waals surface area contributed by atoms with Gasteiger partial charge in [-0.2, -0.15) is 0 Å². The summed E-state index contributed by atoms with van der Waals surface area (Å²) in [4.78, 5) is 12.3. The standard InChI is InChI=1S/C16H26N2O2/c1-6-17-14-9-8-12(3)10-13(14)15(19)18-11-16(4,5)20-7-2/h8-10,17H,6-7,11H2,1-5H3,(H,18,19). The molecule has 0 aliphatic carbocycles. The monoisotopic (exact) mass is 278 g/mol. The maximum atomic E-state index is 12.3. The number of ether oxygens (including phenoxy) is 1. The molecule has 0 aliphatic heterocycles. The Labute approximate surface area is 121 Å². The van der Waals surface area contributed by atoms with Crippen molar-refractivity contribution in [3.8, 4) is 0 Å². The highest BCUT2D eigenvalue weighted by Gasteiger charge is 2.20. The van der Waals surface area contributed by atoms with Crippen LogP contribution >= 0.6 is 0 Å². The molecule has 0 fully saturated rings. The van der Waals surface area contributed by atoms with Crippen LogP contribution in [0.1, 0.15) is 43.6 Å². The summed E-state index contributed by atoms with van der Waals surface area (Å²) in [6, 6.07) is 5.85. The minimum absolute atomic E-state index is 0.0718. The van der Waals surface area contributed by atoms with Gasteiger partial charge in [0, 0.05) is 25.4 Å². The molecule has 0 unspecified atom stereocenters. The maximum absolute atomic E-state index is 12.3. The van der Waals surface area contributed by atoms with Crippen molar-refractivity contribution in [2.75, 3.05) is 25.0 Å². The van der Waals surface area contributed by atoms with Gasteiger partial charge in [-0.3, -0.25) is 4.79 Å². The largest absolute Gasteiger partial charge is 0.385 e. The predicted octanol–water partition coefficient (Wildman–Crippen LogP) is 2.97. The molecule has 0 radical (unpaired) electrons. The number of amides is 1. The van der Waals surface area contributed by atoms with Crippen molar-refractivity contribution in [3.05, 3.63) is 29.3 Å². The number of rotatable bonds is 7. The number of carbonyl (C=O) groups excluding carboxylic acids is 1. The Bertz CT molecular complexity index is 456. The molecular weight excluding hydrogens is 252 g/mol. The second-order valence-corrected chi connectivity index (χ2v) is 5.45. The predicted molar refractivity (Wildman–Crippen MR) is 83.4 cm³/mol. The molecule has 1 aromatic rings. The van der Waals surface area contributed by atoms with Gasteiger partial charge in [0.1, 0.15) is 0 Å².